The normalized spacial score (nSPS) is 14.2. The Morgan fingerprint density at radius 2 is 2.00 bits per heavy atom. The summed E-state index contributed by atoms with van der Waals surface area (Å²) >= 11 is 0. The topological polar surface area (TPSA) is 112 Å². The molecule has 1 aromatic rings. The van der Waals surface area contributed by atoms with Gasteiger partial charge in [-0.25, -0.2) is 4.98 Å². The molecule has 0 saturated carbocycles. The lowest BCUT2D eigenvalue weighted by atomic mass is 10.3. The standard InChI is InChI=1S/C18H27N5O5/c1-4-27-17(25)13-21(9-10-26-3)12-16(24)22-5-7-23(8-6-22)18-15(11-19)20-14(2)28-18/h4-10,12-13H2,1-3H3. The number of rotatable bonds is 9. The lowest BCUT2D eigenvalue weighted by Crippen LogP contribution is -2.52. The lowest BCUT2D eigenvalue weighted by molar-refractivity contribution is -0.145. The van der Waals surface area contributed by atoms with Crippen molar-refractivity contribution in [2.45, 2.75) is 13.8 Å². The maximum absolute atomic E-state index is 12.7. The summed E-state index contributed by atoms with van der Waals surface area (Å²) in [6.45, 7) is 6.89. The van der Waals surface area contributed by atoms with Gasteiger partial charge in [-0.15, -0.1) is 0 Å². The molecule has 154 valence electrons. The predicted molar refractivity (Wildman–Crippen MR) is 99.7 cm³/mol. The van der Waals surface area contributed by atoms with Crippen molar-refractivity contribution < 1.29 is 23.5 Å². The molecule has 0 radical (unpaired) electrons. The van der Waals surface area contributed by atoms with E-state index >= 15 is 0 Å². The highest BCUT2D eigenvalue weighted by atomic mass is 16.5. The van der Waals surface area contributed by atoms with Gasteiger partial charge in [-0.2, -0.15) is 5.26 Å². The van der Waals surface area contributed by atoms with E-state index in [0.29, 0.717) is 57.7 Å². The van der Waals surface area contributed by atoms with Gasteiger partial charge in [0.25, 0.3) is 0 Å². The van der Waals surface area contributed by atoms with Gasteiger partial charge < -0.3 is 23.7 Å². The molecule has 10 heteroatoms. The number of nitriles is 1. The van der Waals surface area contributed by atoms with Crippen molar-refractivity contribution in [1.82, 2.24) is 14.8 Å². The molecule has 2 rings (SSSR count). The van der Waals surface area contributed by atoms with Crippen LogP contribution in [0.4, 0.5) is 5.88 Å². The lowest BCUT2D eigenvalue weighted by Gasteiger charge is -2.35. The maximum atomic E-state index is 12.7. The molecule has 1 aliphatic heterocycles. The summed E-state index contributed by atoms with van der Waals surface area (Å²) in [6, 6.07) is 2.03. The van der Waals surface area contributed by atoms with Gasteiger partial charge in [0.15, 0.2) is 5.89 Å². The Hall–Kier alpha value is -2.64. The van der Waals surface area contributed by atoms with Crippen molar-refractivity contribution >= 4 is 17.8 Å². The molecule has 1 aromatic heterocycles. The molecule has 0 bridgehead atoms. The number of piperazine rings is 1. The Labute approximate surface area is 164 Å². The zero-order valence-corrected chi connectivity index (χ0v) is 16.6. The van der Waals surface area contributed by atoms with Crippen LogP contribution in [-0.4, -0.2) is 92.8 Å². The fourth-order valence-electron chi connectivity index (χ4n) is 2.98. The van der Waals surface area contributed by atoms with Gasteiger partial charge in [0, 0.05) is 46.8 Å². The van der Waals surface area contributed by atoms with Gasteiger partial charge in [0.05, 0.1) is 26.3 Å². The van der Waals surface area contributed by atoms with Crippen LogP contribution in [0.5, 0.6) is 0 Å². The molecule has 1 saturated heterocycles. The quantitative estimate of drug-likeness (QED) is 0.536. The van der Waals surface area contributed by atoms with Crippen molar-refractivity contribution in [1.29, 1.82) is 5.26 Å². The number of anilines is 1. The van der Waals surface area contributed by atoms with Crippen molar-refractivity contribution in [2.24, 2.45) is 0 Å². The summed E-state index contributed by atoms with van der Waals surface area (Å²) in [5, 5.41) is 9.17. The van der Waals surface area contributed by atoms with Crippen molar-refractivity contribution in [3.05, 3.63) is 11.6 Å². The number of aromatic nitrogens is 1. The Kier molecular flexibility index (Phi) is 8.22. The number of aryl methyl sites for hydroxylation is 1. The molecule has 0 atom stereocenters. The molecule has 1 aliphatic rings. The first-order valence-electron chi connectivity index (χ1n) is 9.25. The SMILES string of the molecule is CCOC(=O)CN(CCOC)CC(=O)N1CCN(c2oc(C)nc2C#N)CC1. The molecule has 0 spiro atoms. The zero-order chi connectivity index (χ0) is 20.5. The van der Waals surface area contributed by atoms with E-state index in [2.05, 4.69) is 4.98 Å². The van der Waals surface area contributed by atoms with Gasteiger partial charge >= 0.3 is 5.97 Å². The summed E-state index contributed by atoms with van der Waals surface area (Å²) in [6.07, 6.45) is 0. The molecule has 1 amide bonds. The highest BCUT2D eigenvalue weighted by molar-refractivity contribution is 5.79. The Balaban J connectivity index is 1.90. The van der Waals surface area contributed by atoms with Gasteiger partial charge in [0.1, 0.15) is 6.07 Å². The average molecular weight is 393 g/mol. The first kappa shape index (κ1) is 21.7. The summed E-state index contributed by atoms with van der Waals surface area (Å²) < 4.78 is 15.6. The van der Waals surface area contributed by atoms with Crippen LogP contribution in [0.2, 0.25) is 0 Å². The second kappa shape index (κ2) is 10.6. The van der Waals surface area contributed by atoms with Crippen LogP contribution in [0, 0.1) is 18.3 Å². The molecule has 2 heterocycles. The number of hydrogen-bond acceptors (Lipinski definition) is 9. The van der Waals surface area contributed by atoms with Crippen molar-refractivity contribution in [3.63, 3.8) is 0 Å². The number of amides is 1. The van der Waals surface area contributed by atoms with E-state index in [-0.39, 0.29) is 30.7 Å². The largest absolute Gasteiger partial charge is 0.465 e. The molecule has 0 N–H and O–H groups in total. The van der Waals surface area contributed by atoms with Crippen LogP contribution in [-0.2, 0) is 19.1 Å². The second-order valence-electron chi connectivity index (χ2n) is 6.37. The molecule has 0 aliphatic carbocycles. The molecular formula is C18H27N5O5. The molecule has 1 fully saturated rings. The third kappa shape index (κ3) is 5.94. The Morgan fingerprint density at radius 3 is 2.61 bits per heavy atom. The van der Waals surface area contributed by atoms with E-state index in [0.717, 1.165) is 0 Å². The number of nitrogens with zero attached hydrogens (tertiary/aromatic N) is 5. The second-order valence-corrected chi connectivity index (χ2v) is 6.37. The molecule has 0 unspecified atom stereocenters. The van der Waals surface area contributed by atoms with E-state index in [9.17, 15) is 9.59 Å². The van der Waals surface area contributed by atoms with E-state index < -0.39 is 0 Å². The zero-order valence-electron chi connectivity index (χ0n) is 16.6. The number of carbonyl (C=O) groups excluding carboxylic acids is 2. The minimum atomic E-state index is -0.360. The number of oxazole rings is 1. The van der Waals surface area contributed by atoms with Crippen molar-refractivity contribution in [3.8, 4) is 6.07 Å². The van der Waals surface area contributed by atoms with Crippen LogP contribution in [0.1, 0.15) is 18.5 Å². The number of methoxy groups -OCH3 is 1. The minimum absolute atomic E-state index is 0.0474. The maximum Gasteiger partial charge on any atom is 0.320 e. The van der Waals surface area contributed by atoms with Gasteiger partial charge in [-0.1, -0.05) is 0 Å². The van der Waals surface area contributed by atoms with Gasteiger partial charge in [-0.3, -0.25) is 14.5 Å². The molecular weight excluding hydrogens is 366 g/mol. The summed E-state index contributed by atoms with van der Waals surface area (Å²) in [5.74, 6) is 0.476. The smallest absolute Gasteiger partial charge is 0.320 e. The van der Waals surface area contributed by atoms with E-state index in [1.54, 1.807) is 30.8 Å². The van der Waals surface area contributed by atoms with Crippen LogP contribution in [0.25, 0.3) is 0 Å². The average Bonchev–Trinajstić information content (AvgIpc) is 3.07. The monoisotopic (exact) mass is 393 g/mol. The first-order valence-corrected chi connectivity index (χ1v) is 9.25. The van der Waals surface area contributed by atoms with Crippen LogP contribution in [0.3, 0.4) is 0 Å². The minimum Gasteiger partial charge on any atom is -0.465 e. The van der Waals surface area contributed by atoms with Crippen LogP contribution >= 0.6 is 0 Å². The number of hydrogen-bond donors (Lipinski definition) is 0. The molecule has 0 aromatic carbocycles. The molecule has 28 heavy (non-hydrogen) atoms. The van der Waals surface area contributed by atoms with Crippen LogP contribution < -0.4 is 4.90 Å². The summed E-state index contributed by atoms with van der Waals surface area (Å²) in [5.41, 5.74) is 0.262. The Bertz CT molecular complexity index is 706. The first-order chi connectivity index (χ1) is 13.5. The number of ether oxygens (including phenoxy) is 2. The fourth-order valence-corrected chi connectivity index (χ4v) is 2.98. The Morgan fingerprint density at radius 1 is 1.29 bits per heavy atom. The van der Waals surface area contributed by atoms with Gasteiger partial charge in [0.2, 0.25) is 17.5 Å². The van der Waals surface area contributed by atoms with E-state index in [1.807, 2.05) is 11.0 Å². The predicted octanol–water partition coefficient (Wildman–Crippen LogP) is 0.0148. The van der Waals surface area contributed by atoms with Crippen LogP contribution in [0.15, 0.2) is 4.42 Å². The molecule has 10 nitrogen and oxygen atoms in total. The summed E-state index contributed by atoms with van der Waals surface area (Å²) in [4.78, 5) is 33.9. The summed E-state index contributed by atoms with van der Waals surface area (Å²) in [7, 11) is 1.57. The fraction of sp³-hybridized carbons (Fsp3) is 0.667. The highest BCUT2D eigenvalue weighted by Gasteiger charge is 2.27. The van der Waals surface area contributed by atoms with E-state index in [1.165, 1.54) is 0 Å². The van der Waals surface area contributed by atoms with Crippen molar-refractivity contribution in [2.75, 3.05) is 71.0 Å². The van der Waals surface area contributed by atoms with E-state index in [4.69, 9.17) is 19.2 Å². The number of carbonyl (C=O) groups is 2. The third-order valence-corrected chi connectivity index (χ3v) is 4.37. The number of esters is 1. The third-order valence-electron chi connectivity index (χ3n) is 4.37. The van der Waals surface area contributed by atoms with Gasteiger partial charge in [-0.05, 0) is 6.92 Å². The highest BCUT2D eigenvalue weighted by Crippen LogP contribution is 2.22.